The average Bonchev–Trinajstić information content (AvgIpc) is 2.89. The van der Waals surface area contributed by atoms with E-state index >= 15 is 0 Å². The maximum absolute atomic E-state index is 3.73. The predicted octanol–water partition coefficient (Wildman–Crippen LogP) is 3.89. The van der Waals surface area contributed by atoms with Gasteiger partial charge in [-0.2, -0.15) is 0 Å². The molecule has 2 aromatic rings. The van der Waals surface area contributed by atoms with Gasteiger partial charge in [0.05, 0.1) is 0 Å². The number of benzene rings is 1. The summed E-state index contributed by atoms with van der Waals surface area (Å²) in [7, 11) is 2.24. The number of piperidine rings is 1. The molecule has 3 rings (SSSR count). The van der Waals surface area contributed by atoms with Gasteiger partial charge >= 0.3 is 0 Å². The van der Waals surface area contributed by atoms with Gasteiger partial charge < -0.3 is 10.2 Å². The molecule has 2 atom stereocenters. The molecule has 1 N–H and O–H groups in total. The first-order chi connectivity index (χ1) is 9.72. The van der Waals surface area contributed by atoms with Crippen molar-refractivity contribution in [2.45, 2.75) is 25.8 Å². The van der Waals surface area contributed by atoms with Crippen LogP contribution in [0.3, 0.4) is 0 Å². The largest absolute Gasteiger partial charge is 0.309 e. The standard InChI is InChI=1S/C17H24N2S/c1-13(18-11-14-6-5-9-19(2)12-14)17-10-15-7-3-4-8-16(15)20-17/h3-4,7-8,10,13-14,18H,5-6,9,11-12H2,1-2H3. The van der Waals surface area contributed by atoms with Gasteiger partial charge in [0.2, 0.25) is 0 Å². The van der Waals surface area contributed by atoms with E-state index in [0.717, 1.165) is 12.5 Å². The van der Waals surface area contributed by atoms with Crippen molar-refractivity contribution in [3.05, 3.63) is 35.2 Å². The summed E-state index contributed by atoms with van der Waals surface area (Å²) in [5, 5.41) is 5.11. The van der Waals surface area contributed by atoms with Crippen molar-refractivity contribution in [2.75, 3.05) is 26.7 Å². The van der Waals surface area contributed by atoms with Crippen molar-refractivity contribution < 1.29 is 0 Å². The Hall–Kier alpha value is -0.900. The molecule has 1 aromatic carbocycles. The minimum absolute atomic E-state index is 0.458. The first kappa shape index (κ1) is 14.1. The summed E-state index contributed by atoms with van der Waals surface area (Å²) in [6.07, 6.45) is 2.72. The zero-order chi connectivity index (χ0) is 13.9. The molecule has 0 spiro atoms. The van der Waals surface area contributed by atoms with Crippen LogP contribution in [0, 0.1) is 5.92 Å². The number of fused-ring (bicyclic) bond motifs is 1. The number of nitrogens with zero attached hydrogens (tertiary/aromatic N) is 1. The molecule has 0 saturated carbocycles. The summed E-state index contributed by atoms with van der Waals surface area (Å²) in [6.45, 7) is 5.94. The second kappa shape index (κ2) is 6.25. The molecule has 2 nitrogen and oxygen atoms in total. The molecule has 2 unspecified atom stereocenters. The number of likely N-dealkylation sites (tertiary alicyclic amines) is 1. The summed E-state index contributed by atoms with van der Waals surface area (Å²) >= 11 is 1.92. The van der Waals surface area contributed by atoms with Gasteiger partial charge in [0, 0.05) is 22.2 Å². The topological polar surface area (TPSA) is 15.3 Å². The summed E-state index contributed by atoms with van der Waals surface area (Å²) in [5.41, 5.74) is 0. The van der Waals surface area contributed by atoms with Gasteiger partial charge in [-0.1, -0.05) is 18.2 Å². The molecule has 0 bridgehead atoms. The fourth-order valence-corrected chi connectivity index (χ4v) is 4.19. The molecule has 1 aliphatic rings. The van der Waals surface area contributed by atoms with Crippen molar-refractivity contribution in [3.63, 3.8) is 0 Å². The van der Waals surface area contributed by atoms with Crippen LogP contribution in [0.1, 0.15) is 30.7 Å². The lowest BCUT2D eigenvalue weighted by Crippen LogP contribution is -2.37. The van der Waals surface area contributed by atoms with Gasteiger partial charge in [-0.3, -0.25) is 0 Å². The zero-order valence-corrected chi connectivity index (χ0v) is 13.2. The molecular formula is C17H24N2S. The minimum atomic E-state index is 0.458. The van der Waals surface area contributed by atoms with Crippen LogP contribution in [0.15, 0.2) is 30.3 Å². The highest BCUT2D eigenvalue weighted by atomic mass is 32.1. The molecule has 1 aromatic heterocycles. The van der Waals surface area contributed by atoms with Gasteiger partial charge in [0.25, 0.3) is 0 Å². The highest BCUT2D eigenvalue weighted by Crippen LogP contribution is 2.29. The number of rotatable bonds is 4. The number of hydrogen-bond donors (Lipinski definition) is 1. The monoisotopic (exact) mass is 288 g/mol. The van der Waals surface area contributed by atoms with Gasteiger partial charge in [0.1, 0.15) is 0 Å². The van der Waals surface area contributed by atoms with E-state index in [4.69, 9.17) is 0 Å². The van der Waals surface area contributed by atoms with Crippen LogP contribution in [-0.2, 0) is 0 Å². The Morgan fingerprint density at radius 2 is 2.25 bits per heavy atom. The van der Waals surface area contributed by atoms with Crippen LogP contribution in [0.4, 0.5) is 0 Å². The van der Waals surface area contributed by atoms with Crippen molar-refractivity contribution in [1.29, 1.82) is 0 Å². The Bertz CT molecular complexity index is 530. The first-order valence-electron chi connectivity index (χ1n) is 7.63. The van der Waals surface area contributed by atoms with E-state index in [0.29, 0.717) is 6.04 Å². The lowest BCUT2D eigenvalue weighted by Gasteiger charge is -2.30. The van der Waals surface area contributed by atoms with Crippen molar-refractivity contribution in [1.82, 2.24) is 10.2 Å². The van der Waals surface area contributed by atoms with Crippen molar-refractivity contribution >= 4 is 21.4 Å². The molecule has 3 heteroatoms. The number of thiophene rings is 1. The second-order valence-electron chi connectivity index (χ2n) is 6.09. The van der Waals surface area contributed by atoms with E-state index in [2.05, 4.69) is 54.5 Å². The molecule has 0 amide bonds. The Morgan fingerprint density at radius 3 is 3.05 bits per heavy atom. The average molecular weight is 288 g/mol. The third kappa shape index (κ3) is 3.22. The van der Waals surface area contributed by atoms with Crippen LogP contribution in [0.2, 0.25) is 0 Å². The maximum Gasteiger partial charge on any atom is 0.0386 e. The van der Waals surface area contributed by atoms with Crippen LogP contribution in [0.5, 0.6) is 0 Å². The van der Waals surface area contributed by atoms with E-state index in [1.165, 1.54) is 40.9 Å². The Kier molecular flexibility index (Phi) is 4.39. The lowest BCUT2D eigenvalue weighted by molar-refractivity contribution is 0.203. The smallest absolute Gasteiger partial charge is 0.0386 e. The normalized spacial score (nSPS) is 22.2. The van der Waals surface area contributed by atoms with Gasteiger partial charge in [0.15, 0.2) is 0 Å². The minimum Gasteiger partial charge on any atom is -0.309 e. The highest BCUT2D eigenvalue weighted by Gasteiger charge is 2.18. The first-order valence-corrected chi connectivity index (χ1v) is 8.44. The van der Waals surface area contributed by atoms with E-state index in [9.17, 15) is 0 Å². The molecule has 1 saturated heterocycles. The van der Waals surface area contributed by atoms with Crippen LogP contribution in [-0.4, -0.2) is 31.6 Å². The van der Waals surface area contributed by atoms with Crippen molar-refractivity contribution in [3.8, 4) is 0 Å². The predicted molar refractivity (Wildman–Crippen MR) is 88.5 cm³/mol. The maximum atomic E-state index is 3.73. The van der Waals surface area contributed by atoms with Crippen LogP contribution >= 0.6 is 11.3 Å². The molecule has 1 aliphatic heterocycles. The molecule has 20 heavy (non-hydrogen) atoms. The highest BCUT2D eigenvalue weighted by molar-refractivity contribution is 7.19. The van der Waals surface area contributed by atoms with E-state index in [1.807, 2.05) is 11.3 Å². The SMILES string of the molecule is CC(NCC1CCCN(C)C1)c1cc2ccccc2s1. The molecule has 108 valence electrons. The van der Waals surface area contributed by atoms with E-state index in [1.54, 1.807) is 0 Å². The van der Waals surface area contributed by atoms with Gasteiger partial charge in [-0.05, 0) is 63.3 Å². The summed E-state index contributed by atoms with van der Waals surface area (Å²) in [5.74, 6) is 0.811. The van der Waals surface area contributed by atoms with Gasteiger partial charge in [-0.15, -0.1) is 11.3 Å². The Labute approximate surface area is 125 Å². The quantitative estimate of drug-likeness (QED) is 0.918. The van der Waals surface area contributed by atoms with Crippen LogP contribution < -0.4 is 5.32 Å². The fourth-order valence-electron chi connectivity index (χ4n) is 3.10. The lowest BCUT2D eigenvalue weighted by atomic mass is 9.98. The third-order valence-corrected chi connectivity index (χ3v) is 5.60. The molecule has 1 fully saturated rings. The molecule has 0 radical (unpaired) electrons. The summed E-state index contributed by atoms with van der Waals surface area (Å²) in [4.78, 5) is 3.91. The summed E-state index contributed by atoms with van der Waals surface area (Å²) in [6, 6.07) is 11.5. The number of nitrogens with one attached hydrogen (secondary N) is 1. The molecular weight excluding hydrogens is 264 g/mol. The Balaban J connectivity index is 1.59. The van der Waals surface area contributed by atoms with Crippen LogP contribution in [0.25, 0.3) is 10.1 Å². The van der Waals surface area contributed by atoms with E-state index < -0.39 is 0 Å². The summed E-state index contributed by atoms with van der Waals surface area (Å²) < 4.78 is 1.40. The molecule has 0 aliphatic carbocycles. The van der Waals surface area contributed by atoms with Gasteiger partial charge in [-0.25, -0.2) is 0 Å². The fraction of sp³-hybridized carbons (Fsp3) is 0.529. The second-order valence-corrected chi connectivity index (χ2v) is 7.20. The molecule has 2 heterocycles. The Morgan fingerprint density at radius 1 is 1.40 bits per heavy atom. The zero-order valence-electron chi connectivity index (χ0n) is 12.4. The van der Waals surface area contributed by atoms with Crippen molar-refractivity contribution in [2.24, 2.45) is 5.92 Å². The third-order valence-electron chi connectivity index (χ3n) is 4.31. The number of hydrogen-bond acceptors (Lipinski definition) is 3. The van der Waals surface area contributed by atoms with E-state index in [-0.39, 0.29) is 0 Å².